The number of hydrogen-bond donors (Lipinski definition) is 1. The van der Waals surface area contributed by atoms with Gasteiger partial charge in [0, 0.05) is 12.1 Å². The fourth-order valence-corrected chi connectivity index (χ4v) is 4.44. The molecule has 3 aromatic carbocycles. The topological polar surface area (TPSA) is 76.1 Å². The monoisotopic (exact) mass is 503 g/mol. The minimum atomic E-state index is -0.827. The summed E-state index contributed by atoms with van der Waals surface area (Å²) in [6, 6.07) is 19.2. The summed E-state index contributed by atoms with van der Waals surface area (Å²) in [5, 5.41) is 11.3. The number of amides is 1. The van der Waals surface area contributed by atoms with Crippen molar-refractivity contribution >= 4 is 17.4 Å². The molecule has 0 saturated carbocycles. The molecule has 1 amide bonds. The number of rotatable bonds is 9. The van der Waals surface area contributed by atoms with Crippen LogP contribution in [-0.4, -0.2) is 41.0 Å². The molecule has 1 aliphatic rings. The summed E-state index contributed by atoms with van der Waals surface area (Å²) in [6.45, 7) is 6.32. The number of benzene rings is 3. The summed E-state index contributed by atoms with van der Waals surface area (Å²) >= 11 is 0. The van der Waals surface area contributed by atoms with Gasteiger partial charge in [0.15, 0.2) is 0 Å². The normalized spacial score (nSPS) is 16.9. The molecule has 1 aliphatic heterocycles. The van der Waals surface area contributed by atoms with Gasteiger partial charge in [0.25, 0.3) is 11.7 Å². The van der Waals surface area contributed by atoms with Crippen LogP contribution in [0.5, 0.6) is 11.5 Å². The van der Waals surface area contributed by atoms with Crippen LogP contribution in [0, 0.1) is 5.82 Å². The third kappa shape index (κ3) is 5.82. The highest BCUT2D eigenvalue weighted by atomic mass is 19.1. The van der Waals surface area contributed by atoms with Crippen molar-refractivity contribution in [2.24, 2.45) is 0 Å². The minimum Gasteiger partial charge on any atom is -0.507 e. The number of hydrogen-bond acceptors (Lipinski definition) is 5. The Labute approximate surface area is 215 Å². The predicted octanol–water partition coefficient (Wildman–Crippen LogP) is 5.68. The quantitative estimate of drug-likeness (QED) is 0.231. The molecular formula is C30H30FNO5. The largest absolute Gasteiger partial charge is 0.507 e. The van der Waals surface area contributed by atoms with E-state index in [1.807, 2.05) is 20.8 Å². The number of ketones is 1. The van der Waals surface area contributed by atoms with E-state index in [-0.39, 0.29) is 29.8 Å². The Hall–Kier alpha value is -4.13. The standard InChI is InChI=1S/C30H30FNO5/c1-4-36-24-9-6-8-22(18-24)28(33)26-27(21-7-5-10-25(17-21)37-19(2)3)32(30(35)29(26)34)16-15-20-11-13-23(31)14-12-20/h5-14,17-19,27,33H,4,15-16H2,1-3H3/b28-26-. The minimum absolute atomic E-state index is 0.000508. The maximum absolute atomic E-state index is 13.4. The van der Waals surface area contributed by atoms with Crippen LogP contribution in [0.1, 0.15) is 43.5 Å². The second kappa shape index (κ2) is 11.3. The maximum Gasteiger partial charge on any atom is 0.295 e. The van der Waals surface area contributed by atoms with Crippen molar-refractivity contribution in [3.05, 3.63) is 101 Å². The number of aliphatic hydroxyl groups excluding tert-OH is 1. The van der Waals surface area contributed by atoms with E-state index >= 15 is 0 Å². The predicted molar refractivity (Wildman–Crippen MR) is 139 cm³/mol. The Morgan fingerprint density at radius 1 is 1.00 bits per heavy atom. The first-order valence-corrected chi connectivity index (χ1v) is 12.3. The number of carbonyl (C=O) groups is 2. The molecule has 192 valence electrons. The highest BCUT2D eigenvalue weighted by molar-refractivity contribution is 6.46. The van der Waals surface area contributed by atoms with Crippen LogP contribution in [0.2, 0.25) is 0 Å². The molecule has 0 aromatic heterocycles. The fraction of sp³-hybridized carbons (Fsp3) is 0.267. The van der Waals surface area contributed by atoms with E-state index < -0.39 is 17.7 Å². The van der Waals surface area contributed by atoms with Gasteiger partial charge in [-0.25, -0.2) is 4.39 Å². The number of aliphatic hydroxyl groups is 1. The highest BCUT2D eigenvalue weighted by Crippen LogP contribution is 2.40. The first-order chi connectivity index (χ1) is 17.8. The van der Waals surface area contributed by atoms with Crippen molar-refractivity contribution < 1.29 is 28.6 Å². The molecule has 0 aliphatic carbocycles. The Morgan fingerprint density at radius 2 is 1.70 bits per heavy atom. The van der Waals surface area contributed by atoms with Crippen LogP contribution in [0.25, 0.3) is 5.76 Å². The molecule has 1 atom stereocenters. The molecule has 0 bridgehead atoms. The van der Waals surface area contributed by atoms with Gasteiger partial charge >= 0.3 is 0 Å². The first kappa shape index (κ1) is 25.9. The van der Waals surface area contributed by atoms with Gasteiger partial charge in [-0.2, -0.15) is 0 Å². The van der Waals surface area contributed by atoms with Gasteiger partial charge in [0.1, 0.15) is 23.1 Å². The second-order valence-electron chi connectivity index (χ2n) is 9.07. The van der Waals surface area contributed by atoms with E-state index in [1.54, 1.807) is 60.7 Å². The Bertz CT molecular complexity index is 1320. The van der Waals surface area contributed by atoms with Gasteiger partial charge in [-0.05, 0) is 74.7 Å². The van der Waals surface area contributed by atoms with Gasteiger partial charge in [0.2, 0.25) is 0 Å². The van der Waals surface area contributed by atoms with E-state index in [4.69, 9.17) is 9.47 Å². The van der Waals surface area contributed by atoms with Crippen LogP contribution in [-0.2, 0) is 16.0 Å². The molecule has 1 saturated heterocycles. The molecule has 1 N–H and O–H groups in total. The maximum atomic E-state index is 13.4. The molecule has 7 heteroatoms. The van der Waals surface area contributed by atoms with Gasteiger partial charge < -0.3 is 19.5 Å². The summed E-state index contributed by atoms with van der Waals surface area (Å²) in [5.74, 6) is -0.954. The van der Waals surface area contributed by atoms with Crippen LogP contribution < -0.4 is 9.47 Å². The number of nitrogens with zero attached hydrogens (tertiary/aromatic N) is 1. The van der Waals surface area contributed by atoms with Crippen molar-refractivity contribution in [1.29, 1.82) is 0 Å². The average molecular weight is 504 g/mol. The van der Waals surface area contributed by atoms with E-state index in [9.17, 15) is 19.1 Å². The lowest BCUT2D eigenvalue weighted by Gasteiger charge is -2.26. The number of likely N-dealkylation sites (tertiary alicyclic amines) is 1. The Balaban J connectivity index is 1.79. The molecule has 0 spiro atoms. The van der Waals surface area contributed by atoms with E-state index in [2.05, 4.69) is 0 Å². The van der Waals surface area contributed by atoms with E-state index in [0.29, 0.717) is 35.7 Å². The first-order valence-electron chi connectivity index (χ1n) is 12.3. The van der Waals surface area contributed by atoms with Gasteiger partial charge in [-0.3, -0.25) is 9.59 Å². The van der Waals surface area contributed by atoms with Crippen molar-refractivity contribution in [1.82, 2.24) is 4.90 Å². The van der Waals surface area contributed by atoms with Crippen molar-refractivity contribution in [2.75, 3.05) is 13.2 Å². The van der Waals surface area contributed by atoms with Crippen LogP contribution in [0.4, 0.5) is 4.39 Å². The number of halogens is 1. The zero-order valence-electron chi connectivity index (χ0n) is 21.1. The average Bonchev–Trinajstić information content (AvgIpc) is 3.13. The molecular weight excluding hydrogens is 473 g/mol. The van der Waals surface area contributed by atoms with Crippen LogP contribution in [0.3, 0.4) is 0 Å². The smallest absolute Gasteiger partial charge is 0.295 e. The van der Waals surface area contributed by atoms with Gasteiger partial charge in [-0.15, -0.1) is 0 Å². The zero-order valence-corrected chi connectivity index (χ0v) is 21.1. The summed E-state index contributed by atoms with van der Waals surface area (Å²) in [6.07, 6.45) is 0.340. The highest BCUT2D eigenvalue weighted by Gasteiger charge is 2.46. The van der Waals surface area contributed by atoms with Crippen molar-refractivity contribution in [2.45, 2.75) is 39.3 Å². The molecule has 0 radical (unpaired) electrons. The Kier molecular flexibility index (Phi) is 7.92. The lowest BCUT2D eigenvalue weighted by Crippen LogP contribution is -2.31. The summed E-state index contributed by atoms with van der Waals surface area (Å²) in [7, 11) is 0. The Morgan fingerprint density at radius 3 is 2.41 bits per heavy atom. The summed E-state index contributed by atoms with van der Waals surface area (Å²) < 4.78 is 24.8. The number of Topliss-reactive ketones (excluding diaryl/α,β-unsaturated/α-hetero) is 1. The third-order valence-corrected chi connectivity index (χ3v) is 6.06. The molecule has 3 aromatic rings. The SMILES string of the molecule is CCOc1cccc(/C(O)=C2/C(=O)C(=O)N(CCc3ccc(F)cc3)C2c2cccc(OC(C)C)c2)c1. The van der Waals surface area contributed by atoms with E-state index in [1.165, 1.54) is 17.0 Å². The van der Waals surface area contributed by atoms with Crippen molar-refractivity contribution in [3.63, 3.8) is 0 Å². The summed E-state index contributed by atoms with van der Waals surface area (Å²) in [4.78, 5) is 28.0. The third-order valence-electron chi connectivity index (χ3n) is 6.06. The summed E-state index contributed by atoms with van der Waals surface area (Å²) in [5.41, 5.74) is 1.84. The molecule has 1 unspecified atom stereocenters. The number of carbonyl (C=O) groups excluding carboxylic acids is 2. The molecule has 37 heavy (non-hydrogen) atoms. The van der Waals surface area contributed by atoms with Crippen molar-refractivity contribution in [3.8, 4) is 11.5 Å². The molecule has 1 heterocycles. The van der Waals surface area contributed by atoms with Gasteiger partial charge in [0.05, 0.1) is 24.3 Å². The number of ether oxygens (including phenoxy) is 2. The van der Waals surface area contributed by atoms with Gasteiger partial charge in [-0.1, -0.05) is 36.4 Å². The second-order valence-corrected chi connectivity index (χ2v) is 9.07. The zero-order chi connectivity index (χ0) is 26.5. The molecule has 1 fully saturated rings. The lowest BCUT2D eigenvalue weighted by atomic mass is 9.95. The van der Waals surface area contributed by atoms with Crippen LogP contribution >= 0.6 is 0 Å². The fourth-order valence-electron chi connectivity index (χ4n) is 4.44. The van der Waals surface area contributed by atoms with E-state index in [0.717, 1.165) is 5.56 Å². The lowest BCUT2D eigenvalue weighted by molar-refractivity contribution is -0.139. The van der Waals surface area contributed by atoms with Crippen LogP contribution in [0.15, 0.2) is 78.4 Å². The molecule has 6 nitrogen and oxygen atoms in total. The molecule has 4 rings (SSSR count).